The molecule has 0 aliphatic rings. The number of rotatable bonds is 3. The van der Waals surface area contributed by atoms with E-state index < -0.39 is 0 Å². The zero-order chi connectivity index (χ0) is 14.1. The Hall–Kier alpha value is -2.04. The molecule has 0 aliphatic carbocycles. The molecule has 0 aliphatic heterocycles. The van der Waals surface area contributed by atoms with Crippen molar-refractivity contribution in [2.75, 3.05) is 12.3 Å². The Morgan fingerprint density at radius 3 is 2.75 bits per heavy atom. The van der Waals surface area contributed by atoms with E-state index in [9.17, 15) is 5.11 Å². The molecular weight excluding hydrogens is 274 g/mol. The highest BCUT2D eigenvalue weighted by Gasteiger charge is 2.14. The number of para-hydroxylation sites is 2. The van der Waals surface area contributed by atoms with Crippen molar-refractivity contribution in [3.05, 3.63) is 47.5 Å². The van der Waals surface area contributed by atoms with E-state index >= 15 is 0 Å². The van der Waals surface area contributed by atoms with Gasteiger partial charge in [0.25, 0.3) is 0 Å². The van der Waals surface area contributed by atoms with Crippen LogP contribution in [-0.2, 0) is 6.54 Å². The van der Waals surface area contributed by atoms with Crippen LogP contribution in [0.3, 0.4) is 0 Å². The highest BCUT2D eigenvalue weighted by Crippen LogP contribution is 2.31. The first kappa shape index (κ1) is 13.0. The molecule has 2 aromatic carbocycles. The predicted molar refractivity (Wildman–Crippen MR) is 81.7 cm³/mol. The van der Waals surface area contributed by atoms with Gasteiger partial charge in [-0.1, -0.05) is 23.7 Å². The zero-order valence-corrected chi connectivity index (χ0v) is 11.5. The summed E-state index contributed by atoms with van der Waals surface area (Å²) < 4.78 is 1.97. The first-order valence-corrected chi connectivity index (χ1v) is 6.70. The van der Waals surface area contributed by atoms with Gasteiger partial charge in [0, 0.05) is 17.8 Å². The van der Waals surface area contributed by atoms with E-state index in [1.807, 2.05) is 34.9 Å². The number of hydrogen-bond acceptors (Lipinski definition) is 3. The van der Waals surface area contributed by atoms with Gasteiger partial charge in [-0.15, -0.1) is 0 Å². The Kier molecular flexibility index (Phi) is 3.34. The Morgan fingerprint density at radius 1 is 1.20 bits per heavy atom. The Balaban J connectivity index is 2.26. The van der Waals surface area contributed by atoms with Crippen LogP contribution >= 0.6 is 11.6 Å². The normalized spacial score (nSPS) is 11.1. The van der Waals surface area contributed by atoms with Crippen LogP contribution < -0.4 is 5.73 Å². The lowest BCUT2D eigenvalue weighted by Gasteiger charge is -2.09. The Morgan fingerprint density at radius 2 is 2.00 bits per heavy atom. The van der Waals surface area contributed by atoms with Gasteiger partial charge in [0.15, 0.2) is 0 Å². The van der Waals surface area contributed by atoms with Crippen LogP contribution in [0.5, 0.6) is 0 Å². The van der Waals surface area contributed by atoms with Gasteiger partial charge in [-0.05, 0) is 30.3 Å². The van der Waals surface area contributed by atoms with Crippen molar-refractivity contribution in [3.8, 4) is 11.4 Å². The highest BCUT2D eigenvalue weighted by atomic mass is 35.5. The van der Waals surface area contributed by atoms with Crippen molar-refractivity contribution >= 4 is 28.3 Å². The lowest BCUT2D eigenvalue weighted by molar-refractivity contribution is 0.278. The van der Waals surface area contributed by atoms with Gasteiger partial charge < -0.3 is 15.4 Å². The summed E-state index contributed by atoms with van der Waals surface area (Å²) >= 11 is 6.27. The van der Waals surface area contributed by atoms with Gasteiger partial charge in [-0.3, -0.25) is 0 Å². The maximum absolute atomic E-state index is 9.28. The molecule has 1 aromatic heterocycles. The number of fused-ring (bicyclic) bond motifs is 1. The second kappa shape index (κ2) is 5.15. The standard InChI is InChI=1S/C15H14ClN3O/c16-12-9-10(17)5-6-11(12)15-18-13-3-1-2-4-14(13)19(15)7-8-20/h1-6,9,20H,7-8,17H2. The monoisotopic (exact) mass is 287 g/mol. The lowest BCUT2D eigenvalue weighted by atomic mass is 10.2. The van der Waals surface area contributed by atoms with Crippen molar-refractivity contribution in [3.63, 3.8) is 0 Å². The molecule has 0 saturated carbocycles. The summed E-state index contributed by atoms with van der Waals surface area (Å²) in [5.74, 6) is 0.741. The van der Waals surface area contributed by atoms with Crippen LogP contribution in [0, 0.1) is 0 Å². The van der Waals surface area contributed by atoms with Gasteiger partial charge >= 0.3 is 0 Å². The van der Waals surface area contributed by atoms with E-state index in [4.69, 9.17) is 17.3 Å². The maximum atomic E-state index is 9.28. The molecule has 20 heavy (non-hydrogen) atoms. The molecule has 0 atom stereocenters. The fourth-order valence-electron chi connectivity index (χ4n) is 2.32. The number of nitrogens with two attached hydrogens (primary N) is 1. The second-order valence-corrected chi connectivity index (χ2v) is 4.95. The third-order valence-electron chi connectivity index (χ3n) is 3.21. The summed E-state index contributed by atoms with van der Waals surface area (Å²) in [6.07, 6.45) is 0. The quantitative estimate of drug-likeness (QED) is 0.728. The number of aromatic nitrogens is 2. The number of anilines is 1. The van der Waals surface area contributed by atoms with Crippen molar-refractivity contribution in [1.82, 2.24) is 9.55 Å². The number of aliphatic hydroxyl groups is 1. The molecule has 4 nitrogen and oxygen atoms in total. The molecule has 0 amide bonds. The average molecular weight is 288 g/mol. The van der Waals surface area contributed by atoms with E-state index in [1.165, 1.54) is 0 Å². The molecule has 0 saturated heterocycles. The van der Waals surface area contributed by atoms with E-state index in [2.05, 4.69) is 4.98 Å². The molecule has 0 spiro atoms. The zero-order valence-electron chi connectivity index (χ0n) is 10.8. The topological polar surface area (TPSA) is 64.1 Å². The lowest BCUT2D eigenvalue weighted by Crippen LogP contribution is -2.04. The van der Waals surface area contributed by atoms with E-state index in [1.54, 1.807) is 12.1 Å². The third-order valence-corrected chi connectivity index (χ3v) is 3.52. The second-order valence-electron chi connectivity index (χ2n) is 4.54. The minimum atomic E-state index is 0.0416. The summed E-state index contributed by atoms with van der Waals surface area (Å²) in [6.45, 7) is 0.510. The molecule has 0 unspecified atom stereocenters. The summed E-state index contributed by atoms with van der Waals surface area (Å²) in [4.78, 5) is 4.62. The minimum absolute atomic E-state index is 0.0416. The average Bonchev–Trinajstić information content (AvgIpc) is 2.78. The number of nitrogen functional groups attached to an aromatic ring is 1. The van der Waals surface area contributed by atoms with Gasteiger partial charge in [-0.25, -0.2) is 4.98 Å². The molecular formula is C15H14ClN3O. The molecule has 3 rings (SSSR count). The summed E-state index contributed by atoms with van der Waals surface area (Å²) in [5.41, 5.74) is 9.01. The third kappa shape index (κ3) is 2.13. The smallest absolute Gasteiger partial charge is 0.142 e. The number of imidazole rings is 1. The fraction of sp³-hybridized carbons (Fsp3) is 0.133. The Bertz CT molecular complexity index is 767. The van der Waals surface area contributed by atoms with Gasteiger partial charge in [-0.2, -0.15) is 0 Å². The maximum Gasteiger partial charge on any atom is 0.142 e. The molecule has 0 fully saturated rings. The van der Waals surface area contributed by atoms with E-state index in [-0.39, 0.29) is 6.61 Å². The first-order valence-electron chi connectivity index (χ1n) is 6.32. The molecule has 1 heterocycles. The van der Waals surface area contributed by atoms with Crippen LogP contribution in [0.1, 0.15) is 0 Å². The highest BCUT2D eigenvalue weighted by molar-refractivity contribution is 6.33. The van der Waals surface area contributed by atoms with Crippen LogP contribution in [-0.4, -0.2) is 21.3 Å². The van der Waals surface area contributed by atoms with Crippen molar-refractivity contribution in [2.24, 2.45) is 0 Å². The van der Waals surface area contributed by atoms with Crippen molar-refractivity contribution in [2.45, 2.75) is 6.54 Å². The van der Waals surface area contributed by atoms with Crippen LogP contribution in [0.25, 0.3) is 22.4 Å². The molecule has 0 bridgehead atoms. The van der Waals surface area contributed by atoms with Gasteiger partial charge in [0.05, 0.1) is 22.7 Å². The summed E-state index contributed by atoms with van der Waals surface area (Å²) in [5, 5.41) is 9.84. The van der Waals surface area contributed by atoms with Crippen LogP contribution in [0.4, 0.5) is 5.69 Å². The number of hydrogen-bond donors (Lipinski definition) is 2. The summed E-state index contributed by atoms with van der Waals surface area (Å²) in [7, 11) is 0. The number of nitrogens with zero attached hydrogens (tertiary/aromatic N) is 2. The number of benzene rings is 2. The first-order chi connectivity index (χ1) is 9.70. The number of aliphatic hydroxyl groups excluding tert-OH is 1. The van der Waals surface area contributed by atoms with Crippen LogP contribution in [0.2, 0.25) is 5.02 Å². The molecule has 3 aromatic rings. The van der Waals surface area contributed by atoms with Crippen molar-refractivity contribution < 1.29 is 5.11 Å². The SMILES string of the molecule is Nc1ccc(-c2nc3ccccc3n2CCO)c(Cl)c1. The van der Waals surface area contributed by atoms with Gasteiger partial charge in [0.2, 0.25) is 0 Å². The van der Waals surface area contributed by atoms with Crippen LogP contribution in [0.15, 0.2) is 42.5 Å². The minimum Gasteiger partial charge on any atom is -0.399 e. The number of halogens is 1. The van der Waals surface area contributed by atoms with E-state index in [0.29, 0.717) is 17.3 Å². The van der Waals surface area contributed by atoms with E-state index in [0.717, 1.165) is 22.4 Å². The molecule has 3 N–H and O–H groups in total. The largest absolute Gasteiger partial charge is 0.399 e. The van der Waals surface area contributed by atoms with Crippen molar-refractivity contribution in [1.29, 1.82) is 0 Å². The fourth-order valence-corrected chi connectivity index (χ4v) is 2.59. The molecule has 5 heteroatoms. The Labute approximate surface area is 121 Å². The predicted octanol–water partition coefficient (Wildman–Crippen LogP) is 2.93. The molecule has 102 valence electrons. The molecule has 0 radical (unpaired) electrons. The summed E-state index contributed by atoms with van der Waals surface area (Å²) in [6, 6.07) is 13.2. The van der Waals surface area contributed by atoms with Gasteiger partial charge in [0.1, 0.15) is 5.82 Å².